The van der Waals surface area contributed by atoms with Crippen molar-refractivity contribution in [3.05, 3.63) is 59.7 Å². The lowest BCUT2D eigenvalue weighted by atomic mass is 10.0. The van der Waals surface area contributed by atoms with Crippen molar-refractivity contribution in [1.82, 2.24) is 10.6 Å². The molecule has 166 valence electrons. The highest BCUT2D eigenvalue weighted by atomic mass is 16.5. The zero-order valence-electron chi connectivity index (χ0n) is 18.7. The van der Waals surface area contributed by atoms with Gasteiger partial charge in [-0.15, -0.1) is 0 Å². The van der Waals surface area contributed by atoms with Gasteiger partial charge in [-0.2, -0.15) is 0 Å². The highest BCUT2D eigenvalue weighted by Gasteiger charge is 2.26. The summed E-state index contributed by atoms with van der Waals surface area (Å²) in [6, 6.07) is 13.3. The van der Waals surface area contributed by atoms with Crippen LogP contribution in [-0.4, -0.2) is 36.9 Å². The van der Waals surface area contributed by atoms with Crippen molar-refractivity contribution in [2.45, 2.75) is 46.2 Å². The van der Waals surface area contributed by atoms with Gasteiger partial charge in [0.25, 0.3) is 5.91 Å². The summed E-state index contributed by atoms with van der Waals surface area (Å²) in [5.41, 5.74) is 1.81. The minimum Gasteiger partial charge on any atom is -0.496 e. The second-order valence-electron chi connectivity index (χ2n) is 7.98. The molecule has 1 atom stereocenters. The molecule has 7 heteroatoms. The van der Waals surface area contributed by atoms with Crippen LogP contribution in [0.15, 0.2) is 48.5 Å². The number of methoxy groups -OCH3 is 1. The standard InChI is InChI=1S/C24H31N3O4/c1-15(2)22(27-23(29)19-8-6-7-9-20(19)31-5)24(30)26-18-12-10-17(11-13-18)14-21(28)25-16(3)4/h6-13,15-16,22H,14H2,1-5H3,(H,25,28)(H,26,30)(H,27,29). The molecular formula is C24H31N3O4. The molecule has 0 bridgehead atoms. The SMILES string of the molecule is COc1ccccc1C(=O)NC(C(=O)Nc1ccc(CC(=O)NC(C)C)cc1)C(C)C. The molecule has 3 N–H and O–H groups in total. The molecule has 0 aromatic heterocycles. The van der Waals surface area contributed by atoms with Gasteiger partial charge >= 0.3 is 0 Å². The molecular weight excluding hydrogens is 394 g/mol. The van der Waals surface area contributed by atoms with E-state index in [1.165, 1.54) is 7.11 Å². The van der Waals surface area contributed by atoms with Crippen LogP contribution in [0.5, 0.6) is 5.75 Å². The van der Waals surface area contributed by atoms with E-state index in [1.807, 2.05) is 27.7 Å². The number of ether oxygens (including phenoxy) is 1. The molecule has 0 spiro atoms. The molecule has 7 nitrogen and oxygen atoms in total. The molecule has 2 aromatic carbocycles. The van der Waals surface area contributed by atoms with Gasteiger partial charge in [-0.1, -0.05) is 38.1 Å². The molecule has 2 aromatic rings. The highest BCUT2D eigenvalue weighted by molar-refractivity contribution is 6.02. The van der Waals surface area contributed by atoms with E-state index < -0.39 is 6.04 Å². The third-order valence-corrected chi connectivity index (χ3v) is 4.62. The molecule has 2 rings (SSSR count). The molecule has 31 heavy (non-hydrogen) atoms. The summed E-state index contributed by atoms with van der Waals surface area (Å²) < 4.78 is 5.23. The average Bonchev–Trinajstić information content (AvgIpc) is 2.72. The monoisotopic (exact) mass is 425 g/mol. The van der Waals surface area contributed by atoms with Gasteiger partial charge in [0.05, 0.1) is 19.1 Å². The van der Waals surface area contributed by atoms with Crippen molar-refractivity contribution in [2.24, 2.45) is 5.92 Å². The number of hydrogen-bond acceptors (Lipinski definition) is 4. The normalized spacial score (nSPS) is 11.7. The van der Waals surface area contributed by atoms with Crippen LogP contribution in [0.1, 0.15) is 43.6 Å². The Kier molecular flexibility index (Phi) is 8.61. The number of carbonyl (C=O) groups is 3. The fraction of sp³-hybridized carbons (Fsp3) is 0.375. The smallest absolute Gasteiger partial charge is 0.255 e. The van der Waals surface area contributed by atoms with E-state index in [-0.39, 0.29) is 36.1 Å². The first-order valence-corrected chi connectivity index (χ1v) is 10.3. The molecule has 0 heterocycles. The van der Waals surface area contributed by atoms with Crippen molar-refractivity contribution >= 4 is 23.4 Å². The van der Waals surface area contributed by atoms with Crippen molar-refractivity contribution in [1.29, 1.82) is 0 Å². The first-order valence-electron chi connectivity index (χ1n) is 10.3. The van der Waals surface area contributed by atoms with E-state index in [4.69, 9.17) is 4.74 Å². The lowest BCUT2D eigenvalue weighted by Crippen LogP contribution is -2.47. The van der Waals surface area contributed by atoms with E-state index in [1.54, 1.807) is 48.5 Å². The summed E-state index contributed by atoms with van der Waals surface area (Å²) >= 11 is 0. The van der Waals surface area contributed by atoms with Gasteiger partial charge in [0.1, 0.15) is 11.8 Å². The van der Waals surface area contributed by atoms with Crippen LogP contribution in [-0.2, 0) is 16.0 Å². The van der Waals surface area contributed by atoms with E-state index in [0.717, 1.165) is 5.56 Å². The van der Waals surface area contributed by atoms with Gasteiger partial charge in [0.2, 0.25) is 11.8 Å². The van der Waals surface area contributed by atoms with Gasteiger partial charge in [-0.3, -0.25) is 14.4 Å². The Balaban J connectivity index is 2.04. The Bertz CT molecular complexity index is 907. The number of hydrogen-bond donors (Lipinski definition) is 3. The summed E-state index contributed by atoms with van der Waals surface area (Å²) in [5, 5.41) is 8.48. The van der Waals surface area contributed by atoms with E-state index in [0.29, 0.717) is 17.0 Å². The average molecular weight is 426 g/mol. The van der Waals surface area contributed by atoms with Crippen LogP contribution in [0.2, 0.25) is 0 Å². The largest absolute Gasteiger partial charge is 0.496 e. The van der Waals surface area contributed by atoms with Crippen LogP contribution in [0.25, 0.3) is 0 Å². The van der Waals surface area contributed by atoms with Gasteiger partial charge in [0.15, 0.2) is 0 Å². The number of nitrogens with one attached hydrogen (secondary N) is 3. The van der Waals surface area contributed by atoms with Crippen molar-refractivity contribution in [3.8, 4) is 5.75 Å². The van der Waals surface area contributed by atoms with Crippen LogP contribution >= 0.6 is 0 Å². The van der Waals surface area contributed by atoms with E-state index in [9.17, 15) is 14.4 Å². The fourth-order valence-electron chi connectivity index (χ4n) is 3.07. The maximum absolute atomic E-state index is 12.8. The first kappa shape index (κ1) is 23.9. The number of carbonyl (C=O) groups excluding carboxylic acids is 3. The Hall–Kier alpha value is -3.35. The maximum atomic E-state index is 12.8. The Morgan fingerprint density at radius 2 is 1.55 bits per heavy atom. The maximum Gasteiger partial charge on any atom is 0.255 e. The molecule has 0 saturated heterocycles. The predicted molar refractivity (Wildman–Crippen MR) is 121 cm³/mol. The Labute approximate surface area is 183 Å². The minimum atomic E-state index is -0.728. The number of benzene rings is 2. The molecule has 3 amide bonds. The molecule has 0 aliphatic rings. The van der Waals surface area contributed by atoms with Crippen molar-refractivity contribution in [3.63, 3.8) is 0 Å². The van der Waals surface area contributed by atoms with Crippen molar-refractivity contribution < 1.29 is 19.1 Å². The second kappa shape index (κ2) is 11.2. The van der Waals surface area contributed by atoms with Gasteiger partial charge < -0.3 is 20.7 Å². The lowest BCUT2D eigenvalue weighted by Gasteiger charge is -2.22. The summed E-state index contributed by atoms with van der Waals surface area (Å²) in [7, 11) is 1.49. The first-order chi connectivity index (χ1) is 14.7. The minimum absolute atomic E-state index is 0.0503. The zero-order chi connectivity index (χ0) is 23.0. The van der Waals surface area contributed by atoms with E-state index >= 15 is 0 Å². The third kappa shape index (κ3) is 7.13. The van der Waals surface area contributed by atoms with Crippen LogP contribution in [0.4, 0.5) is 5.69 Å². The molecule has 0 aliphatic heterocycles. The topological polar surface area (TPSA) is 96.5 Å². The van der Waals surface area contributed by atoms with Crippen LogP contribution in [0, 0.1) is 5.92 Å². The predicted octanol–water partition coefficient (Wildman–Crippen LogP) is 3.16. The Morgan fingerprint density at radius 1 is 0.903 bits per heavy atom. The summed E-state index contributed by atoms with van der Waals surface area (Å²) in [4.78, 5) is 37.4. The molecule has 0 saturated carbocycles. The van der Waals surface area contributed by atoms with Crippen LogP contribution in [0.3, 0.4) is 0 Å². The van der Waals surface area contributed by atoms with Crippen molar-refractivity contribution in [2.75, 3.05) is 12.4 Å². The summed E-state index contributed by atoms with van der Waals surface area (Å²) in [5.74, 6) is -0.426. The molecule has 0 aliphatic carbocycles. The zero-order valence-corrected chi connectivity index (χ0v) is 18.7. The van der Waals surface area contributed by atoms with Gasteiger partial charge in [-0.05, 0) is 49.6 Å². The summed E-state index contributed by atoms with van der Waals surface area (Å²) in [6.45, 7) is 7.55. The van der Waals surface area contributed by atoms with E-state index in [2.05, 4.69) is 16.0 Å². The fourth-order valence-corrected chi connectivity index (χ4v) is 3.07. The molecule has 1 unspecified atom stereocenters. The quantitative estimate of drug-likeness (QED) is 0.575. The highest BCUT2D eigenvalue weighted by Crippen LogP contribution is 2.18. The number of rotatable bonds is 9. The van der Waals surface area contributed by atoms with Gasteiger partial charge in [-0.25, -0.2) is 0 Å². The third-order valence-electron chi connectivity index (χ3n) is 4.62. The summed E-state index contributed by atoms with van der Waals surface area (Å²) in [6.07, 6.45) is 0.274. The molecule has 0 fully saturated rings. The second-order valence-corrected chi connectivity index (χ2v) is 7.98. The van der Waals surface area contributed by atoms with Gasteiger partial charge in [0, 0.05) is 11.7 Å². The lowest BCUT2D eigenvalue weighted by molar-refractivity contribution is -0.121. The number of para-hydroxylation sites is 1. The number of anilines is 1. The number of amides is 3. The Morgan fingerprint density at radius 3 is 2.13 bits per heavy atom. The molecule has 0 radical (unpaired) electrons. The van der Waals surface area contributed by atoms with Crippen LogP contribution < -0.4 is 20.7 Å².